The topological polar surface area (TPSA) is 107 Å². The second kappa shape index (κ2) is 8.17. The number of carbonyl (C=O) groups is 2. The van der Waals surface area contributed by atoms with Crippen LogP contribution in [0.3, 0.4) is 0 Å². The van der Waals surface area contributed by atoms with Gasteiger partial charge in [-0.1, -0.05) is 0 Å². The summed E-state index contributed by atoms with van der Waals surface area (Å²) in [6.45, 7) is 3.13. The molecule has 1 N–H and O–H groups in total. The van der Waals surface area contributed by atoms with Crippen LogP contribution in [0.25, 0.3) is 11.1 Å². The maximum Gasteiger partial charge on any atom is 0.342 e. The lowest BCUT2D eigenvalue weighted by atomic mass is 10.2. The number of benzene rings is 1. The van der Waals surface area contributed by atoms with Crippen molar-refractivity contribution in [1.29, 1.82) is 0 Å². The molecule has 0 aliphatic heterocycles. The molecule has 0 bridgehead atoms. The van der Waals surface area contributed by atoms with Gasteiger partial charge in [0.15, 0.2) is 0 Å². The highest BCUT2D eigenvalue weighted by atomic mass is 16.5. The van der Waals surface area contributed by atoms with Crippen molar-refractivity contribution in [2.24, 2.45) is 0 Å². The van der Waals surface area contributed by atoms with Gasteiger partial charge in [0.05, 0.1) is 6.61 Å². The fraction of sp³-hybridized carbons (Fsp3) is 0.300. The standard InChI is InChI=1S/C20H22N4O5/c1-5-28-20(27)16-12(2)29-18-17(16)19(26)24(11-21-18)10-15(25)22-13-6-8-14(9-7-13)23(3)4/h6-9,11H,5,10H2,1-4H3,(H,22,25). The third kappa shape index (κ3) is 4.13. The summed E-state index contributed by atoms with van der Waals surface area (Å²) < 4.78 is 11.5. The number of nitrogens with one attached hydrogen (secondary N) is 1. The summed E-state index contributed by atoms with van der Waals surface area (Å²) in [4.78, 5) is 43.4. The molecule has 2 heterocycles. The molecule has 0 radical (unpaired) electrons. The predicted molar refractivity (Wildman–Crippen MR) is 108 cm³/mol. The Morgan fingerprint density at radius 2 is 1.93 bits per heavy atom. The van der Waals surface area contributed by atoms with E-state index in [-0.39, 0.29) is 35.6 Å². The monoisotopic (exact) mass is 398 g/mol. The molecule has 152 valence electrons. The molecule has 0 aliphatic carbocycles. The Kier molecular flexibility index (Phi) is 5.67. The molecule has 3 rings (SSSR count). The molecular formula is C20H22N4O5. The number of fused-ring (bicyclic) bond motifs is 1. The number of hydrogen-bond donors (Lipinski definition) is 1. The summed E-state index contributed by atoms with van der Waals surface area (Å²) in [7, 11) is 3.84. The molecule has 0 unspecified atom stereocenters. The van der Waals surface area contributed by atoms with E-state index in [1.54, 1.807) is 26.0 Å². The second-order valence-electron chi connectivity index (χ2n) is 6.60. The van der Waals surface area contributed by atoms with Crippen molar-refractivity contribution in [3.05, 3.63) is 52.3 Å². The number of nitrogens with zero attached hydrogens (tertiary/aromatic N) is 3. The smallest absolute Gasteiger partial charge is 0.342 e. The molecule has 9 nitrogen and oxygen atoms in total. The van der Waals surface area contributed by atoms with Crippen LogP contribution in [0, 0.1) is 6.92 Å². The van der Waals surface area contributed by atoms with Crippen molar-refractivity contribution in [2.45, 2.75) is 20.4 Å². The molecule has 0 fully saturated rings. The van der Waals surface area contributed by atoms with Crippen molar-refractivity contribution in [1.82, 2.24) is 9.55 Å². The van der Waals surface area contributed by atoms with Gasteiger partial charge < -0.3 is 19.4 Å². The van der Waals surface area contributed by atoms with Gasteiger partial charge >= 0.3 is 5.97 Å². The van der Waals surface area contributed by atoms with Crippen LogP contribution < -0.4 is 15.8 Å². The van der Waals surface area contributed by atoms with Crippen molar-refractivity contribution < 1.29 is 18.7 Å². The van der Waals surface area contributed by atoms with Crippen LogP contribution in [0.15, 0.2) is 39.8 Å². The van der Waals surface area contributed by atoms with E-state index in [0.717, 1.165) is 10.3 Å². The number of anilines is 2. The Balaban J connectivity index is 1.85. The maximum atomic E-state index is 12.8. The lowest BCUT2D eigenvalue weighted by Gasteiger charge is -2.13. The minimum Gasteiger partial charge on any atom is -0.462 e. The predicted octanol–water partition coefficient (Wildman–Crippen LogP) is 2.18. The number of hydrogen-bond acceptors (Lipinski definition) is 7. The van der Waals surface area contributed by atoms with Crippen LogP contribution in [-0.4, -0.2) is 42.1 Å². The number of ether oxygens (including phenoxy) is 1. The molecule has 0 atom stereocenters. The summed E-state index contributed by atoms with van der Waals surface area (Å²) in [5.41, 5.74) is 1.12. The van der Waals surface area contributed by atoms with Gasteiger partial charge in [-0.3, -0.25) is 14.2 Å². The fourth-order valence-electron chi connectivity index (χ4n) is 2.90. The third-order valence-electron chi connectivity index (χ3n) is 4.32. The van der Waals surface area contributed by atoms with Gasteiger partial charge in [0.25, 0.3) is 5.56 Å². The van der Waals surface area contributed by atoms with Crippen molar-refractivity contribution in [3.63, 3.8) is 0 Å². The summed E-state index contributed by atoms with van der Waals surface area (Å²) in [5, 5.41) is 2.74. The van der Waals surface area contributed by atoms with Crippen LogP contribution in [-0.2, 0) is 16.1 Å². The van der Waals surface area contributed by atoms with Crippen LogP contribution in [0.1, 0.15) is 23.0 Å². The number of furan rings is 1. The highest BCUT2D eigenvalue weighted by Gasteiger charge is 2.24. The SMILES string of the molecule is CCOC(=O)c1c(C)oc2ncn(CC(=O)Nc3ccc(N(C)C)cc3)c(=O)c12. The molecule has 29 heavy (non-hydrogen) atoms. The van der Waals surface area contributed by atoms with Crippen LogP contribution in [0.4, 0.5) is 11.4 Å². The zero-order valence-electron chi connectivity index (χ0n) is 16.7. The number of aryl methyl sites for hydroxylation is 1. The zero-order valence-corrected chi connectivity index (χ0v) is 16.7. The lowest BCUT2D eigenvalue weighted by molar-refractivity contribution is -0.116. The first kappa shape index (κ1) is 20.1. The first-order valence-electron chi connectivity index (χ1n) is 9.04. The molecule has 0 saturated carbocycles. The van der Waals surface area contributed by atoms with E-state index < -0.39 is 17.4 Å². The van der Waals surface area contributed by atoms with Crippen molar-refractivity contribution in [3.8, 4) is 0 Å². The number of rotatable bonds is 6. The van der Waals surface area contributed by atoms with Crippen LogP contribution in [0.5, 0.6) is 0 Å². The molecule has 3 aromatic rings. The lowest BCUT2D eigenvalue weighted by Crippen LogP contribution is -2.28. The average molecular weight is 398 g/mol. The largest absolute Gasteiger partial charge is 0.462 e. The highest BCUT2D eigenvalue weighted by molar-refractivity contribution is 6.03. The first-order valence-corrected chi connectivity index (χ1v) is 9.04. The van der Waals surface area contributed by atoms with E-state index in [2.05, 4.69) is 10.3 Å². The van der Waals surface area contributed by atoms with Gasteiger partial charge in [0.2, 0.25) is 11.6 Å². The Hall–Kier alpha value is -3.62. The Bertz CT molecular complexity index is 1110. The van der Waals surface area contributed by atoms with Gasteiger partial charge in [-0.15, -0.1) is 0 Å². The maximum absolute atomic E-state index is 12.8. The third-order valence-corrected chi connectivity index (χ3v) is 4.32. The molecule has 0 spiro atoms. The fourth-order valence-corrected chi connectivity index (χ4v) is 2.90. The van der Waals surface area contributed by atoms with Gasteiger partial charge in [0, 0.05) is 25.5 Å². The van der Waals surface area contributed by atoms with Gasteiger partial charge in [-0.25, -0.2) is 9.78 Å². The minimum atomic E-state index is -0.661. The quantitative estimate of drug-likeness (QED) is 0.634. The van der Waals surface area contributed by atoms with Crippen molar-refractivity contribution in [2.75, 3.05) is 30.9 Å². The average Bonchev–Trinajstić information content (AvgIpc) is 3.01. The number of carbonyl (C=O) groups excluding carboxylic acids is 2. The Morgan fingerprint density at radius 1 is 1.24 bits per heavy atom. The Morgan fingerprint density at radius 3 is 2.55 bits per heavy atom. The van der Waals surface area contributed by atoms with E-state index >= 15 is 0 Å². The summed E-state index contributed by atoms with van der Waals surface area (Å²) in [6.07, 6.45) is 1.22. The molecule has 0 aliphatic rings. The summed E-state index contributed by atoms with van der Waals surface area (Å²) in [6, 6.07) is 7.29. The normalized spacial score (nSPS) is 10.8. The van der Waals surface area contributed by atoms with E-state index in [9.17, 15) is 14.4 Å². The van der Waals surface area contributed by atoms with Crippen LogP contribution in [0.2, 0.25) is 0 Å². The molecule has 9 heteroatoms. The summed E-state index contributed by atoms with van der Waals surface area (Å²) in [5.74, 6) is -0.819. The molecule has 2 aromatic heterocycles. The van der Waals surface area contributed by atoms with Crippen molar-refractivity contribution >= 4 is 34.4 Å². The van der Waals surface area contributed by atoms with Gasteiger partial charge in [-0.2, -0.15) is 0 Å². The minimum absolute atomic E-state index is 0.00610. The van der Waals surface area contributed by atoms with Gasteiger partial charge in [0.1, 0.15) is 29.6 Å². The zero-order chi connectivity index (χ0) is 21.1. The highest BCUT2D eigenvalue weighted by Crippen LogP contribution is 2.22. The number of esters is 1. The molecule has 1 aromatic carbocycles. The van der Waals surface area contributed by atoms with Crippen LogP contribution >= 0.6 is 0 Å². The second-order valence-corrected chi connectivity index (χ2v) is 6.60. The molecule has 1 amide bonds. The first-order chi connectivity index (χ1) is 13.8. The van der Waals surface area contributed by atoms with E-state index in [0.29, 0.717) is 5.69 Å². The summed E-state index contributed by atoms with van der Waals surface area (Å²) >= 11 is 0. The van der Waals surface area contributed by atoms with Gasteiger partial charge in [-0.05, 0) is 38.1 Å². The Labute approximate surface area is 166 Å². The van der Waals surface area contributed by atoms with E-state index in [1.807, 2.05) is 31.1 Å². The molecular weight excluding hydrogens is 376 g/mol. The number of aromatic nitrogens is 2. The number of amides is 1. The molecule has 0 saturated heterocycles. The van der Waals surface area contributed by atoms with E-state index in [1.165, 1.54) is 6.33 Å². The van der Waals surface area contributed by atoms with E-state index in [4.69, 9.17) is 9.15 Å².